The Morgan fingerprint density at radius 1 is 0.969 bits per heavy atom. The van der Waals surface area contributed by atoms with Gasteiger partial charge in [-0.1, -0.05) is 24.3 Å². The molecule has 3 heterocycles. The van der Waals surface area contributed by atoms with Crippen molar-refractivity contribution in [1.29, 1.82) is 0 Å². The molecule has 10 nitrogen and oxygen atoms in total. The highest BCUT2D eigenvalue weighted by Crippen LogP contribution is 2.26. The van der Waals surface area contributed by atoms with Crippen molar-refractivity contribution in [3.63, 3.8) is 0 Å². The van der Waals surface area contributed by atoms with E-state index in [0.29, 0.717) is 22.7 Å². The van der Waals surface area contributed by atoms with Crippen molar-refractivity contribution < 1.29 is 14.3 Å². The summed E-state index contributed by atoms with van der Waals surface area (Å²) in [6.45, 7) is 0. The summed E-state index contributed by atoms with van der Waals surface area (Å²) in [5.41, 5.74) is 1.40. The summed E-state index contributed by atoms with van der Waals surface area (Å²) >= 11 is 0. The van der Waals surface area contributed by atoms with Gasteiger partial charge in [-0.25, -0.2) is 9.97 Å². The van der Waals surface area contributed by atoms with E-state index in [9.17, 15) is 9.59 Å². The van der Waals surface area contributed by atoms with Crippen LogP contribution in [-0.2, 0) is 0 Å². The largest absolute Gasteiger partial charge is 0.497 e. The van der Waals surface area contributed by atoms with Crippen LogP contribution in [0.3, 0.4) is 0 Å². The van der Waals surface area contributed by atoms with Crippen LogP contribution in [0.1, 0.15) is 20.8 Å². The molecular weight excluding hydrogens is 410 g/mol. The molecular formula is C22H17N7O3. The maximum Gasteiger partial charge on any atom is 0.276 e. The lowest BCUT2D eigenvalue weighted by molar-refractivity contribution is 0.101. The van der Waals surface area contributed by atoms with Gasteiger partial charge in [0.1, 0.15) is 17.0 Å². The first-order chi connectivity index (χ1) is 15.6. The smallest absolute Gasteiger partial charge is 0.276 e. The number of aromatic nitrogens is 5. The predicted octanol–water partition coefficient (Wildman–Crippen LogP) is 3.35. The van der Waals surface area contributed by atoms with E-state index < -0.39 is 11.8 Å². The molecule has 0 aliphatic heterocycles. The van der Waals surface area contributed by atoms with Gasteiger partial charge < -0.3 is 14.7 Å². The number of methoxy groups -OCH3 is 1. The van der Waals surface area contributed by atoms with Crippen LogP contribution in [0.2, 0.25) is 0 Å². The van der Waals surface area contributed by atoms with E-state index in [-0.39, 0.29) is 17.2 Å². The van der Waals surface area contributed by atoms with E-state index >= 15 is 0 Å². The van der Waals surface area contributed by atoms with Crippen LogP contribution in [0.25, 0.3) is 21.8 Å². The van der Waals surface area contributed by atoms with Crippen molar-refractivity contribution in [2.45, 2.75) is 0 Å². The number of benzene rings is 2. The molecule has 0 aliphatic rings. The quantitative estimate of drug-likeness (QED) is 0.339. The summed E-state index contributed by atoms with van der Waals surface area (Å²) < 4.78 is 5.30. The lowest BCUT2D eigenvalue weighted by Crippen LogP contribution is -2.15. The Morgan fingerprint density at radius 3 is 2.56 bits per heavy atom. The average Bonchev–Trinajstić information content (AvgIpc) is 3.47. The van der Waals surface area contributed by atoms with Crippen LogP contribution in [0, 0.1) is 0 Å². The number of anilines is 2. The molecule has 0 fully saturated rings. The van der Waals surface area contributed by atoms with Crippen LogP contribution in [0.5, 0.6) is 5.75 Å². The van der Waals surface area contributed by atoms with Crippen LogP contribution < -0.4 is 15.4 Å². The highest BCUT2D eigenvalue weighted by Gasteiger charge is 2.18. The molecule has 5 aromatic rings. The fourth-order valence-electron chi connectivity index (χ4n) is 3.33. The molecule has 32 heavy (non-hydrogen) atoms. The summed E-state index contributed by atoms with van der Waals surface area (Å²) in [6.07, 6.45) is 4.77. The molecule has 0 spiro atoms. The Hall–Kier alpha value is -4.73. The highest BCUT2D eigenvalue weighted by molar-refractivity contribution is 6.12. The van der Waals surface area contributed by atoms with Gasteiger partial charge in [0.05, 0.1) is 18.2 Å². The molecule has 0 bridgehead atoms. The normalized spacial score (nSPS) is 10.9. The molecule has 0 aliphatic carbocycles. The summed E-state index contributed by atoms with van der Waals surface area (Å²) in [5.74, 6) is 0.0882. The van der Waals surface area contributed by atoms with Gasteiger partial charge in [-0.05, 0) is 17.5 Å². The third kappa shape index (κ3) is 3.60. The van der Waals surface area contributed by atoms with Gasteiger partial charge in [-0.15, -0.1) is 0 Å². The van der Waals surface area contributed by atoms with E-state index in [1.807, 2.05) is 24.3 Å². The standard InChI is InChI=1S/C22H17N7O3/c1-32-14-9-15(19(30)28-21-23-6-7-24-21)18-16(10-14)26-22(27-18)29-20(31)17-8-12-4-2-3-5-13(12)11-25-17/h2-11H,1H3,(H2,23,24,28,30)(H2,26,27,29,31). The van der Waals surface area contributed by atoms with Crippen molar-refractivity contribution in [1.82, 2.24) is 24.9 Å². The number of hydrogen-bond acceptors (Lipinski definition) is 6. The molecule has 158 valence electrons. The lowest BCUT2D eigenvalue weighted by atomic mass is 10.1. The number of aromatic amines is 2. The number of rotatable bonds is 5. The van der Waals surface area contributed by atoms with Crippen LogP contribution >= 0.6 is 0 Å². The number of imidazole rings is 2. The first-order valence-corrected chi connectivity index (χ1v) is 9.65. The SMILES string of the molecule is COc1cc(C(=O)Nc2ncc[nH]2)c2nc(NC(=O)c3cc4ccccc4cn3)[nH]c2c1. The molecule has 0 atom stereocenters. The number of carbonyl (C=O) groups excluding carboxylic acids is 2. The van der Waals surface area contributed by atoms with Gasteiger partial charge in [-0.3, -0.25) is 25.2 Å². The number of H-pyrrole nitrogens is 2. The number of pyridine rings is 1. The van der Waals surface area contributed by atoms with E-state index in [1.54, 1.807) is 30.6 Å². The number of nitrogens with zero attached hydrogens (tertiary/aromatic N) is 3. The van der Waals surface area contributed by atoms with Crippen molar-refractivity contribution in [2.24, 2.45) is 0 Å². The Labute approximate surface area is 181 Å². The maximum atomic E-state index is 12.8. The second-order valence-corrected chi connectivity index (χ2v) is 6.92. The van der Waals surface area contributed by atoms with Gasteiger partial charge in [0.25, 0.3) is 11.8 Å². The van der Waals surface area contributed by atoms with Gasteiger partial charge in [-0.2, -0.15) is 0 Å². The van der Waals surface area contributed by atoms with Crippen LogP contribution in [0.15, 0.2) is 61.1 Å². The Balaban J connectivity index is 1.46. The minimum absolute atomic E-state index is 0.181. The maximum absolute atomic E-state index is 12.8. The number of fused-ring (bicyclic) bond motifs is 2. The fraction of sp³-hybridized carbons (Fsp3) is 0.0455. The fourth-order valence-corrected chi connectivity index (χ4v) is 3.33. The van der Waals surface area contributed by atoms with Gasteiger partial charge in [0.15, 0.2) is 0 Å². The zero-order valence-electron chi connectivity index (χ0n) is 16.8. The van der Waals surface area contributed by atoms with Crippen molar-refractivity contribution in [3.8, 4) is 5.75 Å². The molecule has 0 radical (unpaired) electrons. The van der Waals surface area contributed by atoms with Crippen molar-refractivity contribution in [2.75, 3.05) is 17.7 Å². The second-order valence-electron chi connectivity index (χ2n) is 6.92. The summed E-state index contributed by atoms with van der Waals surface area (Å²) in [4.78, 5) is 44.0. The highest BCUT2D eigenvalue weighted by atomic mass is 16.5. The molecule has 10 heteroatoms. The molecule has 0 unspecified atom stereocenters. The minimum Gasteiger partial charge on any atom is -0.497 e. The topological polar surface area (TPSA) is 138 Å². The van der Waals surface area contributed by atoms with E-state index in [0.717, 1.165) is 10.8 Å². The first kappa shape index (κ1) is 19.2. The number of carbonyl (C=O) groups is 2. The monoisotopic (exact) mass is 427 g/mol. The zero-order chi connectivity index (χ0) is 22.1. The van der Waals surface area contributed by atoms with E-state index in [1.165, 1.54) is 13.3 Å². The molecule has 4 N–H and O–H groups in total. The van der Waals surface area contributed by atoms with Gasteiger partial charge in [0.2, 0.25) is 11.9 Å². The Bertz CT molecular complexity index is 1460. The Kier molecular flexibility index (Phi) is 4.71. The Morgan fingerprint density at radius 2 is 1.78 bits per heavy atom. The number of nitrogens with one attached hydrogen (secondary N) is 4. The number of amides is 2. The summed E-state index contributed by atoms with van der Waals surface area (Å²) in [6, 6.07) is 12.6. The van der Waals surface area contributed by atoms with E-state index in [2.05, 4.69) is 35.6 Å². The molecule has 0 saturated heterocycles. The van der Waals surface area contributed by atoms with Crippen LogP contribution in [0.4, 0.5) is 11.9 Å². The third-order valence-corrected chi connectivity index (χ3v) is 4.87. The second kappa shape index (κ2) is 7.84. The van der Waals surface area contributed by atoms with Gasteiger partial charge >= 0.3 is 0 Å². The number of ether oxygens (including phenoxy) is 1. The molecule has 3 aromatic heterocycles. The van der Waals surface area contributed by atoms with E-state index in [4.69, 9.17) is 4.74 Å². The lowest BCUT2D eigenvalue weighted by Gasteiger charge is -2.05. The van der Waals surface area contributed by atoms with Crippen molar-refractivity contribution in [3.05, 3.63) is 72.3 Å². The molecule has 2 aromatic carbocycles. The summed E-state index contributed by atoms with van der Waals surface area (Å²) in [5, 5.41) is 7.20. The van der Waals surface area contributed by atoms with Crippen LogP contribution in [-0.4, -0.2) is 43.8 Å². The molecule has 2 amide bonds. The molecule has 0 saturated carbocycles. The average molecular weight is 427 g/mol. The van der Waals surface area contributed by atoms with Gasteiger partial charge in [0, 0.05) is 30.0 Å². The summed E-state index contributed by atoms with van der Waals surface area (Å²) in [7, 11) is 1.50. The zero-order valence-corrected chi connectivity index (χ0v) is 16.8. The predicted molar refractivity (Wildman–Crippen MR) is 119 cm³/mol. The first-order valence-electron chi connectivity index (χ1n) is 9.65. The number of hydrogen-bond donors (Lipinski definition) is 4. The molecule has 5 rings (SSSR count). The minimum atomic E-state index is -0.427. The third-order valence-electron chi connectivity index (χ3n) is 4.87. The van der Waals surface area contributed by atoms with Crippen molar-refractivity contribution >= 4 is 45.5 Å².